The minimum Gasteiger partial charge on any atom is -0.345 e. The molecule has 0 fully saturated rings. The van der Waals surface area contributed by atoms with Gasteiger partial charge in [-0.2, -0.15) is 5.10 Å². The maximum Gasteiger partial charge on any atom is 0.257 e. The Morgan fingerprint density at radius 1 is 1.07 bits per heavy atom. The second-order valence-corrected chi connectivity index (χ2v) is 6.36. The van der Waals surface area contributed by atoms with Gasteiger partial charge in [-0.15, -0.1) is 0 Å². The van der Waals surface area contributed by atoms with Crippen LogP contribution in [0.1, 0.15) is 27.5 Å². The van der Waals surface area contributed by atoms with Crippen LogP contribution >= 0.6 is 0 Å². The molecule has 0 saturated heterocycles. The van der Waals surface area contributed by atoms with Gasteiger partial charge in [-0.05, 0) is 47.9 Å². The lowest BCUT2D eigenvalue weighted by molar-refractivity contribution is 0.0938. The zero-order valence-corrected chi connectivity index (χ0v) is 14.7. The number of carbonyl (C=O) groups excluding carboxylic acids is 1. The van der Waals surface area contributed by atoms with Crippen molar-refractivity contribution in [3.8, 4) is 0 Å². The summed E-state index contributed by atoms with van der Waals surface area (Å²) in [5.74, 6) is -1.17. The Morgan fingerprint density at radius 2 is 1.86 bits per heavy atom. The highest BCUT2D eigenvalue weighted by Crippen LogP contribution is 2.21. The van der Waals surface area contributed by atoms with E-state index in [2.05, 4.69) is 15.4 Å². The van der Waals surface area contributed by atoms with E-state index >= 15 is 0 Å². The number of carbonyl (C=O) groups is 1. The number of hydrogen-bond donors (Lipinski definition) is 1. The minimum absolute atomic E-state index is 0.305. The summed E-state index contributed by atoms with van der Waals surface area (Å²) in [4.78, 5) is 17.1. The van der Waals surface area contributed by atoms with Gasteiger partial charge in [-0.25, -0.2) is 18.3 Å². The molecule has 0 aliphatic carbocycles. The molecule has 0 unspecified atom stereocenters. The smallest absolute Gasteiger partial charge is 0.257 e. The number of benzene rings is 2. The fourth-order valence-electron chi connectivity index (χ4n) is 3.10. The van der Waals surface area contributed by atoms with Crippen LogP contribution in [0.3, 0.4) is 0 Å². The van der Waals surface area contributed by atoms with E-state index in [1.165, 1.54) is 35.0 Å². The summed E-state index contributed by atoms with van der Waals surface area (Å²) in [7, 11) is 0. The van der Waals surface area contributed by atoms with Crippen molar-refractivity contribution in [2.45, 2.75) is 12.5 Å². The number of fused-ring (bicyclic) bond motifs is 1. The Kier molecular flexibility index (Phi) is 4.80. The van der Waals surface area contributed by atoms with E-state index in [1.807, 2.05) is 0 Å². The maximum absolute atomic E-state index is 13.8. The highest BCUT2D eigenvalue weighted by atomic mass is 19.1. The fourth-order valence-corrected chi connectivity index (χ4v) is 3.10. The van der Waals surface area contributed by atoms with Gasteiger partial charge in [0.05, 0.1) is 12.2 Å². The summed E-state index contributed by atoms with van der Waals surface area (Å²) in [6.45, 7) is 0. The topological polar surface area (TPSA) is 59.3 Å². The van der Waals surface area contributed by atoms with Crippen LogP contribution in [0.5, 0.6) is 0 Å². The van der Waals surface area contributed by atoms with E-state index in [4.69, 9.17) is 0 Å². The molecule has 0 aliphatic heterocycles. The van der Waals surface area contributed by atoms with Crippen molar-refractivity contribution in [1.82, 2.24) is 19.9 Å². The van der Waals surface area contributed by atoms with Crippen molar-refractivity contribution in [2.75, 3.05) is 0 Å². The first-order valence-corrected chi connectivity index (χ1v) is 8.69. The molecule has 4 aromatic rings. The average molecular weight is 378 g/mol. The highest BCUT2D eigenvalue weighted by Gasteiger charge is 2.20. The van der Waals surface area contributed by atoms with Crippen molar-refractivity contribution in [3.63, 3.8) is 0 Å². The third kappa shape index (κ3) is 3.73. The molecule has 2 aromatic carbocycles. The zero-order chi connectivity index (χ0) is 19.5. The number of amides is 1. The number of nitrogens with zero attached hydrogens (tertiary/aromatic N) is 3. The maximum atomic E-state index is 13.8. The predicted octanol–water partition coefficient (Wildman–Crippen LogP) is 3.72. The number of nitrogens with one attached hydrogen (secondary N) is 1. The minimum atomic E-state index is -0.552. The van der Waals surface area contributed by atoms with Crippen molar-refractivity contribution >= 4 is 11.6 Å². The Bertz CT molecular complexity index is 1140. The number of rotatable bonds is 5. The van der Waals surface area contributed by atoms with E-state index < -0.39 is 11.9 Å². The summed E-state index contributed by atoms with van der Waals surface area (Å²) in [6.07, 6.45) is 5.00. The first-order chi connectivity index (χ1) is 13.6. The largest absolute Gasteiger partial charge is 0.345 e. The van der Waals surface area contributed by atoms with Crippen LogP contribution < -0.4 is 5.32 Å². The molecular weight excluding hydrogens is 362 g/mol. The van der Waals surface area contributed by atoms with Crippen LogP contribution in [0.4, 0.5) is 8.78 Å². The predicted molar refractivity (Wildman–Crippen MR) is 99.7 cm³/mol. The van der Waals surface area contributed by atoms with Crippen LogP contribution in [0.15, 0.2) is 73.2 Å². The summed E-state index contributed by atoms with van der Waals surface area (Å²) < 4.78 is 28.8. The van der Waals surface area contributed by atoms with E-state index in [1.54, 1.807) is 42.7 Å². The highest BCUT2D eigenvalue weighted by molar-refractivity contribution is 5.99. The Morgan fingerprint density at radius 3 is 2.64 bits per heavy atom. The lowest BCUT2D eigenvalue weighted by Gasteiger charge is -2.19. The molecule has 0 bridgehead atoms. The van der Waals surface area contributed by atoms with Crippen molar-refractivity contribution in [1.29, 1.82) is 0 Å². The molecule has 140 valence electrons. The average Bonchev–Trinajstić information content (AvgIpc) is 3.12. The molecule has 7 heteroatoms. The van der Waals surface area contributed by atoms with Gasteiger partial charge in [-0.1, -0.05) is 24.3 Å². The molecule has 5 nitrogen and oxygen atoms in total. The van der Waals surface area contributed by atoms with E-state index in [0.717, 1.165) is 0 Å². The van der Waals surface area contributed by atoms with Crippen molar-refractivity contribution < 1.29 is 13.6 Å². The fraction of sp³-hybridized carbons (Fsp3) is 0.0952. The first kappa shape index (κ1) is 17.8. The SMILES string of the molecule is O=C(N[C@H](Cc1cccc(F)c1)c1cccc(F)c1)c1cnn2cccnc12. The van der Waals surface area contributed by atoms with E-state index in [-0.39, 0.29) is 11.7 Å². The zero-order valence-electron chi connectivity index (χ0n) is 14.7. The normalized spacial score (nSPS) is 12.1. The molecule has 0 saturated carbocycles. The Balaban J connectivity index is 1.66. The number of aromatic nitrogens is 3. The molecular formula is C21H16F2N4O. The Labute approximate surface area is 159 Å². The van der Waals surface area contributed by atoms with Gasteiger partial charge in [0.15, 0.2) is 5.65 Å². The summed E-state index contributed by atoms with van der Waals surface area (Å²) >= 11 is 0. The van der Waals surface area contributed by atoms with Crippen LogP contribution in [0.25, 0.3) is 5.65 Å². The van der Waals surface area contributed by atoms with Gasteiger partial charge < -0.3 is 5.32 Å². The lowest BCUT2D eigenvalue weighted by atomic mass is 9.98. The third-order valence-electron chi connectivity index (χ3n) is 4.41. The van der Waals surface area contributed by atoms with Gasteiger partial charge >= 0.3 is 0 Å². The van der Waals surface area contributed by atoms with Crippen LogP contribution in [-0.2, 0) is 6.42 Å². The standard InChI is InChI=1S/C21H16F2N4O/c22-16-6-1-4-14(10-16)11-19(15-5-2-7-17(23)12-15)26-21(28)18-13-25-27-9-3-8-24-20(18)27/h1-10,12-13,19H,11H2,(H,26,28)/t19-/m1/s1. The molecule has 2 aromatic heterocycles. The van der Waals surface area contributed by atoms with Gasteiger partial charge in [0.25, 0.3) is 5.91 Å². The molecule has 0 aliphatic rings. The molecule has 0 radical (unpaired) electrons. The Hall–Kier alpha value is -3.61. The molecule has 0 spiro atoms. The summed E-state index contributed by atoms with van der Waals surface area (Å²) in [5.41, 5.74) is 2.00. The lowest BCUT2D eigenvalue weighted by Crippen LogP contribution is -2.30. The van der Waals surface area contributed by atoms with Gasteiger partial charge in [0, 0.05) is 12.4 Å². The van der Waals surface area contributed by atoms with Crippen LogP contribution in [-0.4, -0.2) is 20.5 Å². The molecule has 1 amide bonds. The van der Waals surface area contributed by atoms with Gasteiger partial charge in [0.1, 0.15) is 17.2 Å². The first-order valence-electron chi connectivity index (χ1n) is 8.69. The molecule has 1 atom stereocenters. The van der Waals surface area contributed by atoms with E-state index in [9.17, 15) is 13.6 Å². The summed E-state index contributed by atoms with van der Waals surface area (Å²) in [6, 6.07) is 13.3. The number of halogens is 2. The van der Waals surface area contributed by atoms with Crippen LogP contribution in [0, 0.1) is 11.6 Å². The number of hydrogen-bond acceptors (Lipinski definition) is 3. The van der Waals surface area contributed by atoms with Crippen molar-refractivity contribution in [2.24, 2.45) is 0 Å². The van der Waals surface area contributed by atoms with Crippen molar-refractivity contribution in [3.05, 3.63) is 102 Å². The van der Waals surface area contributed by atoms with Crippen LogP contribution in [0.2, 0.25) is 0 Å². The van der Waals surface area contributed by atoms with Gasteiger partial charge in [0.2, 0.25) is 0 Å². The second kappa shape index (κ2) is 7.56. The van der Waals surface area contributed by atoms with E-state index in [0.29, 0.717) is 28.8 Å². The van der Waals surface area contributed by atoms with Gasteiger partial charge in [-0.3, -0.25) is 4.79 Å². The quantitative estimate of drug-likeness (QED) is 0.576. The molecule has 4 rings (SSSR count). The second-order valence-electron chi connectivity index (χ2n) is 6.36. The molecule has 1 N–H and O–H groups in total. The molecule has 28 heavy (non-hydrogen) atoms. The monoisotopic (exact) mass is 378 g/mol. The summed E-state index contributed by atoms with van der Waals surface area (Å²) in [5, 5.41) is 7.01. The molecule has 2 heterocycles. The third-order valence-corrected chi connectivity index (χ3v) is 4.41.